The third-order valence-electron chi connectivity index (χ3n) is 3.38. The van der Waals surface area contributed by atoms with Crippen LogP contribution in [0.25, 0.3) is 0 Å². The highest BCUT2D eigenvalue weighted by Crippen LogP contribution is 2.30. The van der Waals surface area contributed by atoms with Crippen molar-refractivity contribution in [3.05, 3.63) is 57.6 Å². The van der Waals surface area contributed by atoms with Gasteiger partial charge in [0.05, 0.1) is 0 Å². The predicted octanol–water partition coefficient (Wildman–Crippen LogP) is 5.36. The van der Waals surface area contributed by atoms with Crippen LogP contribution in [0, 0.1) is 13.8 Å². The van der Waals surface area contributed by atoms with Crippen LogP contribution in [0.1, 0.15) is 30.0 Å². The van der Waals surface area contributed by atoms with E-state index in [1.165, 1.54) is 5.56 Å². The van der Waals surface area contributed by atoms with E-state index in [2.05, 4.69) is 66.3 Å². The van der Waals surface area contributed by atoms with Gasteiger partial charge in [-0.05, 0) is 61.7 Å². The molecule has 0 atom stereocenters. The average Bonchev–Trinajstić information content (AvgIpc) is 2.46. The molecular weight excluding hydrogens is 326 g/mol. The lowest BCUT2D eigenvalue weighted by Gasteiger charge is -2.13. The zero-order valence-electron chi connectivity index (χ0n) is 12.9. The second kappa shape index (κ2) is 7.62. The molecule has 2 rings (SSSR count). The van der Waals surface area contributed by atoms with Crippen molar-refractivity contribution in [1.82, 2.24) is 5.32 Å². The summed E-state index contributed by atoms with van der Waals surface area (Å²) >= 11 is 3.49. The Balaban J connectivity index is 2.18. The van der Waals surface area contributed by atoms with Gasteiger partial charge in [-0.15, -0.1) is 0 Å². The minimum absolute atomic E-state index is 0.877. The first-order chi connectivity index (χ1) is 10.1. The molecule has 2 aromatic carbocycles. The van der Waals surface area contributed by atoms with Gasteiger partial charge in [-0.3, -0.25) is 0 Å². The summed E-state index contributed by atoms with van der Waals surface area (Å²) in [7, 11) is 0. The highest BCUT2D eigenvalue weighted by Gasteiger charge is 2.06. The monoisotopic (exact) mass is 347 g/mol. The summed E-state index contributed by atoms with van der Waals surface area (Å²) in [6, 6.07) is 12.5. The number of hydrogen-bond acceptors (Lipinski definition) is 2. The number of hydrogen-bond donors (Lipinski definition) is 1. The summed E-state index contributed by atoms with van der Waals surface area (Å²) in [6.45, 7) is 8.22. The lowest BCUT2D eigenvalue weighted by Crippen LogP contribution is -2.13. The summed E-state index contributed by atoms with van der Waals surface area (Å²) < 4.78 is 7.14. The summed E-state index contributed by atoms with van der Waals surface area (Å²) in [5.41, 5.74) is 3.53. The Morgan fingerprint density at radius 2 is 1.67 bits per heavy atom. The minimum Gasteiger partial charge on any atom is -0.457 e. The van der Waals surface area contributed by atoms with Crippen LogP contribution >= 0.6 is 15.9 Å². The molecule has 3 heteroatoms. The lowest BCUT2D eigenvalue weighted by atomic mass is 10.1. The van der Waals surface area contributed by atoms with Crippen molar-refractivity contribution in [2.45, 2.75) is 33.7 Å². The molecule has 0 unspecified atom stereocenters. The van der Waals surface area contributed by atoms with Crippen molar-refractivity contribution < 1.29 is 4.74 Å². The van der Waals surface area contributed by atoms with Gasteiger partial charge in [0.1, 0.15) is 11.5 Å². The third kappa shape index (κ3) is 4.58. The van der Waals surface area contributed by atoms with Crippen LogP contribution in [-0.4, -0.2) is 6.54 Å². The Kier molecular flexibility index (Phi) is 5.83. The first kappa shape index (κ1) is 16.1. The molecule has 0 radical (unpaired) electrons. The molecule has 0 bridgehead atoms. The van der Waals surface area contributed by atoms with Gasteiger partial charge < -0.3 is 10.1 Å². The zero-order chi connectivity index (χ0) is 15.2. The topological polar surface area (TPSA) is 21.3 Å². The molecule has 0 heterocycles. The van der Waals surface area contributed by atoms with Gasteiger partial charge >= 0.3 is 0 Å². The summed E-state index contributed by atoms with van der Waals surface area (Å²) in [5.74, 6) is 1.82. The third-order valence-corrected chi connectivity index (χ3v) is 3.87. The van der Waals surface area contributed by atoms with E-state index in [1.54, 1.807) is 0 Å². The molecule has 0 aliphatic carbocycles. The summed E-state index contributed by atoms with van der Waals surface area (Å²) in [6.07, 6.45) is 1.15. The largest absolute Gasteiger partial charge is 0.457 e. The first-order valence-electron chi connectivity index (χ1n) is 7.34. The van der Waals surface area contributed by atoms with Gasteiger partial charge in [-0.2, -0.15) is 0 Å². The van der Waals surface area contributed by atoms with Crippen LogP contribution in [0.3, 0.4) is 0 Å². The van der Waals surface area contributed by atoms with Crippen LogP contribution in [0.4, 0.5) is 0 Å². The fourth-order valence-corrected chi connectivity index (χ4v) is 2.42. The van der Waals surface area contributed by atoms with E-state index in [0.29, 0.717) is 0 Å². The number of rotatable bonds is 6. The van der Waals surface area contributed by atoms with Crippen LogP contribution < -0.4 is 10.1 Å². The Hall–Kier alpha value is -1.32. The fraction of sp³-hybridized carbons (Fsp3) is 0.333. The number of ether oxygens (including phenoxy) is 1. The number of benzene rings is 2. The molecule has 0 aliphatic rings. The van der Waals surface area contributed by atoms with E-state index in [4.69, 9.17) is 4.74 Å². The number of halogens is 1. The Morgan fingerprint density at radius 1 is 1.00 bits per heavy atom. The highest BCUT2D eigenvalue weighted by atomic mass is 79.9. The van der Waals surface area contributed by atoms with Crippen molar-refractivity contribution in [3.8, 4) is 11.5 Å². The molecule has 2 aromatic rings. The molecule has 0 aromatic heterocycles. The molecule has 21 heavy (non-hydrogen) atoms. The average molecular weight is 348 g/mol. The molecule has 112 valence electrons. The van der Waals surface area contributed by atoms with Gasteiger partial charge in [0.2, 0.25) is 0 Å². The molecule has 0 saturated carbocycles. The van der Waals surface area contributed by atoms with E-state index in [-0.39, 0.29) is 0 Å². The second-order valence-electron chi connectivity index (χ2n) is 5.29. The van der Waals surface area contributed by atoms with Gasteiger partial charge in [-0.25, -0.2) is 0 Å². The summed E-state index contributed by atoms with van der Waals surface area (Å²) in [4.78, 5) is 0. The molecule has 0 saturated heterocycles. The van der Waals surface area contributed by atoms with Crippen molar-refractivity contribution in [1.29, 1.82) is 0 Å². The van der Waals surface area contributed by atoms with Gasteiger partial charge in [0.15, 0.2) is 0 Å². The molecule has 2 nitrogen and oxygen atoms in total. The van der Waals surface area contributed by atoms with Crippen molar-refractivity contribution in [3.63, 3.8) is 0 Å². The molecule has 0 fully saturated rings. The van der Waals surface area contributed by atoms with Crippen molar-refractivity contribution in [2.24, 2.45) is 0 Å². The molecule has 0 spiro atoms. The maximum absolute atomic E-state index is 6.11. The number of aryl methyl sites for hydroxylation is 2. The van der Waals surface area contributed by atoms with Crippen LogP contribution in [0.5, 0.6) is 11.5 Å². The maximum atomic E-state index is 6.11. The quantitative estimate of drug-likeness (QED) is 0.710. The zero-order valence-corrected chi connectivity index (χ0v) is 14.5. The minimum atomic E-state index is 0.877. The predicted molar refractivity (Wildman–Crippen MR) is 92.1 cm³/mol. The van der Waals surface area contributed by atoms with Crippen molar-refractivity contribution >= 4 is 15.9 Å². The van der Waals surface area contributed by atoms with E-state index in [9.17, 15) is 0 Å². The molecule has 0 amide bonds. The maximum Gasteiger partial charge on any atom is 0.131 e. The van der Waals surface area contributed by atoms with Gasteiger partial charge in [-0.1, -0.05) is 41.1 Å². The molecule has 0 aliphatic heterocycles. The van der Waals surface area contributed by atoms with Gasteiger partial charge in [0.25, 0.3) is 0 Å². The number of nitrogens with one attached hydrogen (secondary N) is 1. The fourth-order valence-electron chi connectivity index (χ4n) is 2.08. The SMILES string of the molecule is CCCNCc1ccc(C)c(Oc2cc(Br)ccc2C)c1. The molecular formula is C18H22BrNO. The second-order valence-corrected chi connectivity index (χ2v) is 6.20. The van der Waals surface area contributed by atoms with Crippen LogP contribution in [-0.2, 0) is 6.54 Å². The summed E-state index contributed by atoms with van der Waals surface area (Å²) in [5, 5.41) is 3.42. The van der Waals surface area contributed by atoms with Crippen molar-refractivity contribution in [2.75, 3.05) is 6.54 Å². The van der Waals surface area contributed by atoms with E-state index in [1.807, 2.05) is 12.1 Å². The standard InChI is InChI=1S/C18H22BrNO/c1-4-9-20-12-15-7-5-13(2)17(10-15)21-18-11-16(19)8-6-14(18)3/h5-8,10-11,20H,4,9,12H2,1-3H3. The normalized spacial score (nSPS) is 10.7. The Labute approximate surface area is 135 Å². The molecule has 1 N–H and O–H groups in total. The Morgan fingerprint density at radius 3 is 2.38 bits per heavy atom. The van der Waals surface area contributed by atoms with E-state index < -0.39 is 0 Å². The van der Waals surface area contributed by atoms with Crippen LogP contribution in [0.2, 0.25) is 0 Å². The van der Waals surface area contributed by atoms with Gasteiger partial charge in [0, 0.05) is 11.0 Å². The van der Waals surface area contributed by atoms with E-state index >= 15 is 0 Å². The van der Waals surface area contributed by atoms with Crippen LogP contribution in [0.15, 0.2) is 40.9 Å². The lowest BCUT2D eigenvalue weighted by molar-refractivity contribution is 0.473. The highest BCUT2D eigenvalue weighted by molar-refractivity contribution is 9.10. The van der Waals surface area contributed by atoms with E-state index in [0.717, 1.165) is 46.6 Å². The first-order valence-corrected chi connectivity index (χ1v) is 8.13. The smallest absolute Gasteiger partial charge is 0.131 e. The Bertz CT molecular complexity index is 610.